The van der Waals surface area contributed by atoms with Crippen LogP contribution in [0.2, 0.25) is 0 Å². The summed E-state index contributed by atoms with van der Waals surface area (Å²) in [5.74, 6) is -0.238. The number of aliphatic hydroxyl groups excluding tert-OH is 1. The lowest BCUT2D eigenvalue weighted by atomic mass is 10.0. The van der Waals surface area contributed by atoms with Crippen molar-refractivity contribution < 1.29 is 9.90 Å². The molecule has 0 heterocycles. The van der Waals surface area contributed by atoms with Gasteiger partial charge in [-0.2, -0.15) is 0 Å². The Balaban J connectivity index is 2.20. The standard InChI is InChI=1S/C16H18N2O2/c1-11-7-8-13(17)9-14(11)16(20)18-15(10-19)12-5-3-2-4-6-12/h2-9,15,19H,10,17H2,1H3,(H,18,20). The molecule has 0 saturated heterocycles. The van der Waals surface area contributed by atoms with Crippen LogP contribution in [0.5, 0.6) is 0 Å². The van der Waals surface area contributed by atoms with Gasteiger partial charge in [-0.25, -0.2) is 0 Å². The highest BCUT2D eigenvalue weighted by molar-refractivity contribution is 5.96. The molecule has 4 nitrogen and oxygen atoms in total. The molecule has 0 aromatic heterocycles. The number of aryl methyl sites for hydroxylation is 1. The van der Waals surface area contributed by atoms with Crippen LogP contribution in [0.1, 0.15) is 27.5 Å². The molecule has 4 N–H and O–H groups in total. The summed E-state index contributed by atoms with van der Waals surface area (Å²) in [7, 11) is 0. The maximum Gasteiger partial charge on any atom is 0.252 e. The van der Waals surface area contributed by atoms with Crippen molar-refractivity contribution >= 4 is 11.6 Å². The van der Waals surface area contributed by atoms with E-state index in [4.69, 9.17) is 5.73 Å². The van der Waals surface area contributed by atoms with Crippen molar-refractivity contribution in [1.82, 2.24) is 5.32 Å². The lowest BCUT2D eigenvalue weighted by Crippen LogP contribution is -2.31. The molecule has 2 aromatic carbocycles. The Morgan fingerprint density at radius 2 is 1.95 bits per heavy atom. The lowest BCUT2D eigenvalue weighted by molar-refractivity contribution is 0.0915. The molecular weight excluding hydrogens is 252 g/mol. The molecule has 2 aromatic rings. The summed E-state index contributed by atoms with van der Waals surface area (Å²) < 4.78 is 0. The average Bonchev–Trinajstić information content (AvgIpc) is 2.48. The minimum absolute atomic E-state index is 0.156. The Hall–Kier alpha value is -2.33. The van der Waals surface area contributed by atoms with Crippen molar-refractivity contribution in [2.75, 3.05) is 12.3 Å². The topological polar surface area (TPSA) is 75.4 Å². The molecule has 1 amide bonds. The molecule has 2 rings (SSSR count). The van der Waals surface area contributed by atoms with Gasteiger partial charge in [0.1, 0.15) is 0 Å². The predicted octanol–water partition coefficient (Wildman–Crippen LogP) is 2.04. The fourth-order valence-electron chi connectivity index (χ4n) is 2.04. The summed E-state index contributed by atoms with van der Waals surface area (Å²) in [6, 6.07) is 14.1. The SMILES string of the molecule is Cc1ccc(N)cc1C(=O)NC(CO)c1ccccc1. The van der Waals surface area contributed by atoms with E-state index < -0.39 is 6.04 Å². The van der Waals surface area contributed by atoms with Gasteiger partial charge < -0.3 is 16.2 Å². The molecule has 0 aliphatic heterocycles. The molecular formula is C16H18N2O2. The number of rotatable bonds is 4. The summed E-state index contributed by atoms with van der Waals surface area (Å²) in [6.45, 7) is 1.70. The molecule has 0 spiro atoms. The van der Waals surface area contributed by atoms with Crippen LogP contribution in [0.3, 0.4) is 0 Å². The first kappa shape index (κ1) is 14.1. The third-order valence-corrected chi connectivity index (χ3v) is 3.20. The molecule has 0 aliphatic carbocycles. The number of amides is 1. The zero-order valence-electron chi connectivity index (χ0n) is 11.3. The average molecular weight is 270 g/mol. The number of nitrogen functional groups attached to an aromatic ring is 1. The Kier molecular flexibility index (Phi) is 4.38. The normalized spacial score (nSPS) is 11.9. The van der Waals surface area contributed by atoms with Gasteiger partial charge in [0.15, 0.2) is 0 Å². The Morgan fingerprint density at radius 3 is 2.60 bits per heavy atom. The van der Waals surface area contributed by atoms with E-state index in [1.54, 1.807) is 18.2 Å². The number of nitrogens with two attached hydrogens (primary N) is 1. The summed E-state index contributed by atoms with van der Waals surface area (Å²) in [4.78, 5) is 12.3. The zero-order chi connectivity index (χ0) is 14.5. The molecule has 1 unspecified atom stereocenters. The Labute approximate surface area is 118 Å². The van der Waals surface area contributed by atoms with Gasteiger partial charge in [-0.15, -0.1) is 0 Å². The van der Waals surface area contributed by atoms with Crippen LogP contribution in [0.25, 0.3) is 0 Å². The monoisotopic (exact) mass is 270 g/mol. The number of hydrogen-bond donors (Lipinski definition) is 3. The van der Waals surface area contributed by atoms with Crippen molar-refractivity contribution in [3.05, 3.63) is 65.2 Å². The van der Waals surface area contributed by atoms with E-state index in [1.165, 1.54) is 0 Å². The highest BCUT2D eigenvalue weighted by Crippen LogP contribution is 2.16. The summed E-state index contributed by atoms with van der Waals surface area (Å²) in [5, 5.41) is 12.3. The summed E-state index contributed by atoms with van der Waals surface area (Å²) in [6.07, 6.45) is 0. The van der Waals surface area contributed by atoms with Crippen LogP contribution in [-0.2, 0) is 0 Å². The van der Waals surface area contributed by atoms with Crippen molar-refractivity contribution in [2.24, 2.45) is 0 Å². The second kappa shape index (κ2) is 6.21. The van der Waals surface area contributed by atoms with Crippen LogP contribution in [-0.4, -0.2) is 17.6 Å². The molecule has 0 saturated carbocycles. The van der Waals surface area contributed by atoms with Gasteiger partial charge in [-0.3, -0.25) is 4.79 Å². The van der Waals surface area contributed by atoms with E-state index in [2.05, 4.69) is 5.32 Å². The summed E-state index contributed by atoms with van der Waals surface area (Å²) >= 11 is 0. The number of carbonyl (C=O) groups is 1. The van der Waals surface area contributed by atoms with Crippen LogP contribution in [0.15, 0.2) is 48.5 Å². The maximum atomic E-state index is 12.3. The maximum absolute atomic E-state index is 12.3. The van der Waals surface area contributed by atoms with Crippen LogP contribution < -0.4 is 11.1 Å². The molecule has 0 radical (unpaired) electrons. The van der Waals surface area contributed by atoms with E-state index in [-0.39, 0.29) is 12.5 Å². The third-order valence-electron chi connectivity index (χ3n) is 3.20. The quantitative estimate of drug-likeness (QED) is 0.744. The van der Waals surface area contributed by atoms with E-state index in [0.29, 0.717) is 11.3 Å². The minimum atomic E-state index is -0.426. The number of anilines is 1. The van der Waals surface area contributed by atoms with Gasteiger partial charge in [-0.1, -0.05) is 36.4 Å². The van der Waals surface area contributed by atoms with Gasteiger partial charge in [0.05, 0.1) is 12.6 Å². The lowest BCUT2D eigenvalue weighted by Gasteiger charge is -2.17. The fraction of sp³-hybridized carbons (Fsp3) is 0.188. The van der Waals surface area contributed by atoms with Crippen LogP contribution >= 0.6 is 0 Å². The Bertz CT molecular complexity index is 597. The largest absolute Gasteiger partial charge is 0.399 e. The van der Waals surface area contributed by atoms with E-state index >= 15 is 0 Å². The number of nitrogens with one attached hydrogen (secondary N) is 1. The number of carbonyl (C=O) groups excluding carboxylic acids is 1. The second-order valence-corrected chi connectivity index (χ2v) is 4.69. The molecule has 104 valence electrons. The molecule has 0 fully saturated rings. The Morgan fingerprint density at radius 1 is 1.25 bits per heavy atom. The molecule has 0 bridgehead atoms. The molecule has 1 atom stereocenters. The third kappa shape index (κ3) is 3.16. The van der Waals surface area contributed by atoms with Gasteiger partial charge in [0.25, 0.3) is 5.91 Å². The van der Waals surface area contributed by atoms with Crippen molar-refractivity contribution in [2.45, 2.75) is 13.0 Å². The van der Waals surface area contributed by atoms with Crippen molar-refractivity contribution in [1.29, 1.82) is 0 Å². The zero-order valence-corrected chi connectivity index (χ0v) is 11.3. The van der Waals surface area contributed by atoms with Gasteiger partial charge >= 0.3 is 0 Å². The second-order valence-electron chi connectivity index (χ2n) is 4.69. The summed E-state index contributed by atoms with van der Waals surface area (Å²) in [5.41, 5.74) is 8.49. The predicted molar refractivity (Wildman–Crippen MR) is 79.3 cm³/mol. The first-order valence-corrected chi connectivity index (χ1v) is 6.44. The van der Waals surface area contributed by atoms with Gasteiger partial charge in [-0.05, 0) is 30.2 Å². The van der Waals surface area contributed by atoms with E-state index in [9.17, 15) is 9.90 Å². The number of hydrogen-bond acceptors (Lipinski definition) is 3. The van der Waals surface area contributed by atoms with Crippen molar-refractivity contribution in [3.63, 3.8) is 0 Å². The minimum Gasteiger partial charge on any atom is -0.399 e. The van der Waals surface area contributed by atoms with E-state index in [0.717, 1.165) is 11.1 Å². The van der Waals surface area contributed by atoms with Gasteiger partial charge in [0, 0.05) is 11.3 Å². The first-order valence-electron chi connectivity index (χ1n) is 6.44. The molecule has 4 heteroatoms. The highest BCUT2D eigenvalue weighted by Gasteiger charge is 2.16. The number of aliphatic hydroxyl groups is 1. The van der Waals surface area contributed by atoms with Crippen LogP contribution in [0.4, 0.5) is 5.69 Å². The van der Waals surface area contributed by atoms with Crippen molar-refractivity contribution in [3.8, 4) is 0 Å². The smallest absolute Gasteiger partial charge is 0.252 e. The first-order chi connectivity index (χ1) is 9.61. The van der Waals surface area contributed by atoms with E-state index in [1.807, 2.05) is 37.3 Å². The number of benzene rings is 2. The fourth-order valence-corrected chi connectivity index (χ4v) is 2.04. The molecule has 20 heavy (non-hydrogen) atoms. The molecule has 0 aliphatic rings. The van der Waals surface area contributed by atoms with Crippen LogP contribution in [0, 0.1) is 6.92 Å². The van der Waals surface area contributed by atoms with Gasteiger partial charge in [0.2, 0.25) is 0 Å². The highest BCUT2D eigenvalue weighted by atomic mass is 16.3.